The summed E-state index contributed by atoms with van der Waals surface area (Å²) in [6, 6.07) is 10.9. The lowest BCUT2D eigenvalue weighted by Crippen LogP contribution is -2.19. The molecule has 0 saturated heterocycles. The van der Waals surface area contributed by atoms with Crippen molar-refractivity contribution in [3.05, 3.63) is 70.8 Å². The van der Waals surface area contributed by atoms with Crippen LogP contribution < -0.4 is 5.32 Å². The Morgan fingerprint density at radius 3 is 2.39 bits per heavy atom. The zero-order chi connectivity index (χ0) is 13.1. The molecule has 0 saturated carbocycles. The van der Waals surface area contributed by atoms with E-state index >= 15 is 0 Å². The van der Waals surface area contributed by atoms with Crippen LogP contribution in [0.1, 0.15) is 22.7 Å². The minimum absolute atomic E-state index is 0.293. The average molecular weight is 247 g/mol. The van der Waals surface area contributed by atoms with E-state index in [4.69, 9.17) is 0 Å². The van der Waals surface area contributed by atoms with Crippen molar-refractivity contribution in [3.8, 4) is 0 Å². The van der Waals surface area contributed by atoms with Crippen LogP contribution in [0.15, 0.2) is 42.5 Å². The third-order valence-electron chi connectivity index (χ3n) is 2.90. The average Bonchev–Trinajstić information content (AvgIpc) is 2.31. The van der Waals surface area contributed by atoms with Crippen LogP contribution in [0.5, 0.6) is 0 Å². The Hall–Kier alpha value is -1.74. The smallest absolute Gasteiger partial charge is 0.128 e. The Bertz CT molecular complexity index is 532. The molecule has 0 aliphatic rings. The van der Waals surface area contributed by atoms with Gasteiger partial charge in [-0.15, -0.1) is 0 Å². The van der Waals surface area contributed by atoms with E-state index in [1.807, 2.05) is 13.0 Å². The predicted octanol–water partition coefficient (Wildman–Crippen LogP) is 3.58. The molecule has 0 amide bonds. The van der Waals surface area contributed by atoms with Crippen molar-refractivity contribution in [2.75, 3.05) is 7.05 Å². The lowest BCUT2D eigenvalue weighted by atomic mass is 9.97. The molecule has 0 fully saturated rings. The second-order valence-corrected chi connectivity index (χ2v) is 4.31. The molecule has 2 aromatic rings. The van der Waals surface area contributed by atoms with E-state index in [2.05, 4.69) is 5.32 Å². The number of nitrogens with one attached hydrogen (secondary N) is 1. The zero-order valence-electron chi connectivity index (χ0n) is 10.4. The van der Waals surface area contributed by atoms with Gasteiger partial charge in [0.15, 0.2) is 0 Å². The molecule has 1 N–H and O–H groups in total. The number of benzene rings is 2. The van der Waals surface area contributed by atoms with Crippen molar-refractivity contribution in [1.82, 2.24) is 5.32 Å². The van der Waals surface area contributed by atoms with Crippen molar-refractivity contribution in [3.63, 3.8) is 0 Å². The molecule has 0 aliphatic carbocycles. The molecule has 1 nitrogen and oxygen atoms in total. The summed E-state index contributed by atoms with van der Waals surface area (Å²) < 4.78 is 27.2. The topological polar surface area (TPSA) is 12.0 Å². The van der Waals surface area contributed by atoms with Gasteiger partial charge in [0.05, 0.1) is 6.04 Å². The van der Waals surface area contributed by atoms with Gasteiger partial charge >= 0.3 is 0 Å². The molecule has 1 unspecified atom stereocenters. The molecule has 2 rings (SSSR count). The quantitative estimate of drug-likeness (QED) is 0.874. The van der Waals surface area contributed by atoms with Gasteiger partial charge in [-0.25, -0.2) is 8.78 Å². The van der Waals surface area contributed by atoms with E-state index in [0.29, 0.717) is 5.56 Å². The van der Waals surface area contributed by atoms with Gasteiger partial charge in [0.2, 0.25) is 0 Å². The van der Waals surface area contributed by atoms with E-state index < -0.39 is 0 Å². The minimum atomic E-state index is -0.347. The summed E-state index contributed by atoms with van der Waals surface area (Å²) in [4.78, 5) is 0. The van der Waals surface area contributed by atoms with Crippen LogP contribution in [-0.4, -0.2) is 7.05 Å². The standard InChI is InChI=1S/C15H15F2N/c1-10-7-11(9-12(16)8-10)15(18-2)13-5-3-4-6-14(13)17/h3-9,15,18H,1-2H3. The van der Waals surface area contributed by atoms with Gasteiger partial charge in [-0.3, -0.25) is 0 Å². The Morgan fingerprint density at radius 1 is 1.06 bits per heavy atom. The number of hydrogen-bond acceptors (Lipinski definition) is 1. The van der Waals surface area contributed by atoms with Crippen LogP contribution in [0.3, 0.4) is 0 Å². The van der Waals surface area contributed by atoms with E-state index in [1.165, 1.54) is 18.2 Å². The number of hydrogen-bond donors (Lipinski definition) is 1. The van der Waals surface area contributed by atoms with Crippen molar-refractivity contribution < 1.29 is 8.78 Å². The van der Waals surface area contributed by atoms with Crippen molar-refractivity contribution in [2.24, 2.45) is 0 Å². The highest BCUT2D eigenvalue weighted by molar-refractivity contribution is 5.35. The SMILES string of the molecule is CNC(c1cc(C)cc(F)c1)c1ccccc1F. The van der Waals surface area contributed by atoms with Crippen LogP contribution >= 0.6 is 0 Å². The van der Waals surface area contributed by atoms with Crippen molar-refractivity contribution >= 4 is 0 Å². The molecule has 2 aromatic carbocycles. The maximum absolute atomic E-state index is 13.8. The summed E-state index contributed by atoms with van der Waals surface area (Å²) in [5, 5.41) is 3.02. The van der Waals surface area contributed by atoms with Gasteiger partial charge in [0.25, 0.3) is 0 Å². The van der Waals surface area contributed by atoms with Gasteiger partial charge < -0.3 is 5.32 Å². The summed E-state index contributed by atoms with van der Waals surface area (Å²) >= 11 is 0. The van der Waals surface area contributed by atoms with Gasteiger partial charge in [-0.1, -0.05) is 24.3 Å². The third kappa shape index (κ3) is 2.57. The summed E-state index contributed by atoms with van der Waals surface area (Å²) in [5.41, 5.74) is 2.06. The Balaban J connectivity index is 2.48. The van der Waals surface area contributed by atoms with Crippen LogP contribution in [0.4, 0.5) is 8.78 Å². The van der Waals surface area contributed by atoms with Crippen LogP contribution in [0, 0.1) is 18.6 Å². The van der Waals surface area contributed by atoms with E-state index in [9.17, 15) is 8.78 Å². The fourth-order valence-electron chi connectivity index (χ4n) is 2.14. The van der Waals surface area contributed by atoms with Crippen LogP contribution in [0.2, 0.25) is 0 Å². The van der Waals surface area contributed by atoms with Crippen molar-refractivity contribution in [1.29, 1.82) is 0 Å². The second-order valence-electron chi connectivity index (χ2n) is 4.31. The van der Waals surface area contributed by atoms with E-state index in [-0.39, 0.29) is 17.7 Å². The maximum Gasteiger partial charge on any atom is 0.128 e. The van der Waals surface area contributed by atoms with Crippen LogP contribution in [-0.2, 0) is 0 Å². The molecule has 94 valence electrons. The minimum Gasteiger partial charge on any atom is -0.309 e. The van der Waals surface area contributed by atoms with E-state index in [1.54, 1.807) is 25.2 Å². The fraction of sp³-hybridized carbons (Fsp3) is 0.200. The Labute approximate surface area is 105 Å². The first-order valence-corrected chi connectivity index (χ1v) is 5.80. The van der Waals surface area contributed by atoms with Gasteiger partial charge in [-0.05, 0) is 43.3 Å². The molecule has 18 heavy (non-hydrogen) atoms. The summed E-state index contributed by atoms with van der Waals surface area (Å²) in [7, 11) is 1.73. The molecule has 0 spiro atoms. The molecule has 0 aliphatic heterocycles. The lowest BCUT2D eigenvalue weighted by molar-refractivity contribution is 0.571. The first-order chi connectivity index (χ1) is 8.61. The molecule has 1 atom stereocenters. The van der Waals surface area contributed by atoms with Gasteiger partial charge in [0.1, 0.15) is 11.6 Å². The Kier molecular flexibility index (Phi) is 3.72. The molecule has 0 heterocycles. The number of rotatable bonds is 3. The molecule has 3 heteroatoms. The molecule has 0 bridgehead atoms. The highest BCUT2D eigenvalue weighted by Crippen LogP contribution is 2.25. The molecular formula is C15H15F2N. The first kappa shape index (κ1) is 12.7. The summed E-state index contributed by atoms with van der Waals surface area (Å²) in [5.74, 6) is -0.597. The lowest BCUT2D eigenvalue weighted by Gasteiger charge is -2.18. The predicted molar refractivity (Wildman–Crippen MR) is 68.4 cm³/mol. The number of aryl methyl sites for hydroxylation is 1. The molecular weight excluding hydrogens is 232 g/mol. The fourth-order valence-corrected chi connectivity index (χ4v) is 2.14. The molecule has 0 radical (unpaired) electrons. The first-order valence-electron chi connectivity index (χ1n) is 5.80. The summed E-state index contributed by atoms with van der Waals surface area (Å²) in [6.45, 7) is 1.82. The highest BCUT2D eigenvalue weighted by Gasteiger charge is 2.16. The number of halogens is 2. The molecule has 0 aromatic heterocycles. The monoisotopic (exact) mass is 247 g/mol. The van der Waals surface area contributed by atoms with Gasteiger partial charge in [-0.2, -0.15) is 0 Å². The summed E-state index contributed by atoms with van der Waals surface area (Å²) in [6.07, 6.45) is 0. The Morgan fingerprint density at radius 2 is 1.78 bits per heavy atom. The zero-order valence-corrected chi connectivity index (χ0v) is 10.4. The third-order valence-corrected chi connectivity index (χ3v) is 2.90. The van der Waals surface area contributed by atoms with Crippen molar-refractivity contribution in [2.45, 2.75) is 13.0 Å². The van der Waals surface area contributed by atoms with E-state index in [0.717, 1.165) is 11.1 Å². The second kappa shape index (κ2) is 5.27. The van der Waals surface area contributed by atoms with Gasteiger partial charge in [0, 0.05) is 5.56 Å². The normalized spacial score (nSPS) is 12.4. The highest BCUT2D eigenvalue weighted by atomic mass is 19.1. The van der Waals surface area contributed by atoms with Crippen LogP contribution in [0.25, 0.3) is 0 Å². The maximum atomic E-state index is 13.8. The largest absolute Gasteiger partial charge is 0.309 e.